The number of carbonyl (C=O) groups excluding carboxylic acids is 2. The monoisotopic (exact) mass is 293 g/mol. The SMILES string of the molecule is CC(NC(=O)c1ccco1)C(=O)NC1CCCCC1CN. The predicted molar refractivity (Wildman–Crippen MR) is 78.6 cm³/mol. The van der Waals surface area contributed by atoms with Crippen molar-refractivity contribution in [2.45, 2.75) is 44.7 Å². The van der Waals surface area contributed by atoms with E-state index in [2.05, 4.69) is 10.6 Å². The first-order valence-corrected chi connectivity index (χ1v) is 7.46. The third-order valence-corrected chi connectivity index (χ3v) is 4.03. The molecule has 1 aromatic rings. The molecule has 21 heavy (non-hydrogen) atoms. The molecule has 0 saturated heterocycles. The third kappa shape index (κ3) is 4.07. The lowest BCUT2D eigenvalue weighted by molar-refractivity contribution is -0.123. The van der Waals surface area contributed by atoms with Gasteiger partial charge in [0.1, 0.15) is 6.04 Å². The lowest BCUT2D eigenvalue weighted by Crippen LogP contribution is -2.51. The van der Waals surface area contributed by atoms with Crippen molar-refractivity contribution in [2.75, 3.05) is 6.54 Å². The third-order valence-electron chi connectivity index (χ3n) is 4.03. The fourth-order valence-corrected chi connectivity index (χ4v) is 2.73. The van der Waals surface area contributed by atoms with Gasteiger partial charge in [-0.1, -0.05) is 12.8 Å². The highest BCUT2D eigenvalue weighted by Crippen LogP contribution is 2.23. The number of nitrogens with one attached hydrogen (secondary N) is 2. The zero-order valence-corrected chi connectivity index (χ0v) is 12.3. The maximum absolute atomic E-state index is 12.2. The van der Waals surface area contributed by atoms with Crippen molar-refractivity contribution in [3.8, 4) is 0 Å². The Hall–Kier alpha value is -1.82. The molecule has 3 atom stereocenters. The number of rotatable bonds is 5. The van der Waals surface area contributed by atoms with E-state index in [1.54, 1.807) is 19.1 Å². The van der Waals surface area contributed by atoms with Crippen LogP contribution >= 0.6 is 0 Å². The molecule has 0 aromatic carbocycles. The van der Waals surface area contributed by atoms with Gasteiger partial charge in [0.25, 0.3) is 5.91 Å². The van der Waals surface area contributed by atoms with Crippen LogP contribution in [0.2, 0.25) is 0 Å². The largest absolute Gasteiger partial charge is 0.459 e. The van der Waals surface area contributed by atoms with Crippen LogP contribution in [0.3, 0.4) is 0 Å². The second-order valence-electron chi connectivity index (χ2n) is 5.57. The van der Waals surface area contributed by atoms with Crippen LogP contribution in [-0.2, 0) is 4.79 Å². The summed E-state index contributed by atoms with van der Waals surface area (Å²) in [5.41, 5.74) is 5.76. The molecule has 0 radical (unpaired) electrons. The van der Waals surface area contributed by atoms with Gasteiger partial charge < -0.3 is 20.8 Å². The molecular formula is C15H23N3O3. The molecular weight excluding hydrogens is 270 g/mol. The zero-order chi connectivity index (χ0) is 15.2. The number of nitrogens with two attached hydrogens (primary N) is 1. The van der Waals surface area contributed by atoms with E-state index < -0.39 is 6.04 Å². The molecule has 1 fully saturated rings. The van der Waals surface area contributed by atoms with Gasteiger partial charge in [-0.05, 0) is 44.4 Å². The molecule has 0 bridgehead atoms. The molecule has 1 aliphatic carbocycles. The zero-order valence-electron chi connectivity index (χ0n) is 12.3. The van der Waals surface area contributed by atoms with Crippen molar-refractivity contribution in [1.29, 1.82) is 0 Å². The van der Waals surface area contributed by atoms with Crippen LogP contribution < -0.4 is 16.4 Å². The summed E-state index contributed by atoms with van der Waals surface area (Å²) in [7, 11) is 0. The fourth-order valence-electron chi connectivity index (χ4n) is 2.73. The number of furan rings is 1. The van der Waals surface area contributed by atoms with Gasteiger partial charge in [-0.15, -0.1) is 0 Å². The first-order valence-electron chi connectivity index (χ1n) is 7.46. The van der Waals surface area contributed by atoms with Crippen LogP contribution in [0.4, 0.5) is 0 Å². The van der Waals surface area contributed by atoms with E-state index in [1.807, 2.05) is 0 Å². The Morgan fingerprint density at radius 2 is 2.19 bits per heavy atom. The van der Waals surface area contributed by atoms with Crippen LogP contribution in [0, 0.1) is 5.92 Å². The topological polar surface area (TPSA) is 97.4 Å². The normalized spacial score (nSPS) is 23.3. The van der Waals surface area contributed by atoms with Crippen molar-refractivity contribution < 1.29 is 14.0 Å². The van der Waals surface area contributed by atoms with Crippen molar-refractivity contribution in [3.05, 3.63) is 24.2 Å². The van der Waals surface area contributed by atoms with Crippen LogP contribution in [0.15, 0.2) is 22.8 Å². The molecule has 1 heterocycles. The summed E-state index contributed by atoms with van der Waals surface area (Å²) >= 11 is 0. The van der Waals surface area contributed by atoms with Crippen molar-refractivity contribution in [3.63, 3.8) is 0 Å². The quantitative estimate of drug-likeness (QED) is 0.755. The van der Waals surface area contributed by atoms with Crippen molar-refractivity contribution >= 4 is 11.8 Å². The fraction of sp³-hybridized carbons (Fsp3) is 0.600. The summed E-state index contributed by atoms with van der Waals surface area (Å²) in [5, 5.41) is 5.63. The summed E-state index contributed by atoms with van der Waals surface area (Å²) < 4.78 is 5.00. The molecule has 2 amide bonds. The van der Waals surface area contributed by atoms with E-state index in [0.29, 0.717) is 12.5 Å². The van der Waals surface area contributed by atoms with Gasteiger partial charge in [0.2, 0.25) is 5.91 Å². The molecule has 3 unspecified atom stereocenters. The number of hydrogen-bond acceptors (Lipinski definition) is 4. The van der Waals surface area contributed by atoms with E-state index >= 15 is 0 Å². The lowest BCUT2D eigenvalue weighted by Gasteiger charge is -2.32. The summed E-state index contributed by atoms with van der Waals surface area (Å²) in [6, 6.07) is 2.70. The van der Waals surface area contributed by atoms with E-state index in [-0.39, 0.29) is 23.6 Å². The van der Waals surface area contributed by atoms with Gasteiger partial charge in [0.15, 0.2) is 5.76 Å². The Morgan fingerprint density at radius 1 is 1.43 bits per heavy atom. The van der Waals surface area contributed by atoms with Gasteiger partial charge in [-0.25, -0.2) is 0 Å². The number of amides is 2. The number of hydrogen-bond donors (Lipinski definition) is 3. The second kappa shape index (κ2) is 7.26. The second-order valence-corrected chi connectivity index (χ2v) is 5.57. The van der Waals surface area contributed by atoms with E-state index in [9.17, 15) is 9.59 Å². The highest BCUT2D eigenvalue weighted by molar-refractivity contribution is 5.95. The number of carbonyl (C=O) groups is 2. The summed E-state index contributed by atoms with van der Waals surface area (Å²) in [4.78, 5) is 24.0. The van der Waals surface area contributed by atoms with Gasteiger partial charge in [-0.3, -0.25) is 9.59 Å². The summed E-state index contributed by atoms with van der Waals surface area (Å²) in [6.07, 6.45) is 5.70. The highest BCUT2D eigenvalue weighted by atomic mass is 16.3. The molecule has 1 aromatic heterocycles. The smallest absolute Gasteiger partial charge is 0.287 e. The van der Waals surface area contributed by atoms with E-state index in [1.165, 1.54) is 12.7 Å². The molecule has 2 rings (SSSR count). The molecule has 0 spiro atoms. The Kier molecular flexibility index (Phi) is 5.38. The van der Waals surface area contributed by atoms with Crippen LogP contribution in [0.25, 0.3) is 0 Å². The molecule has 1 aliphatic rings. The molecule has 4 N–H and O–H groups in total. The molecule has 6 nitrogen and oxygen atoms in total. The molecule has 1 saturated carbocycles. The molecule has 116 valence electrons. The first-order chi connectivity index (χ1) is 10.1. The van der Waals surface area contributed by atoms with Crippen LogP contribution in [-0.4, -0.2) is 30.4 Å². The minimum Gasteiger partial charge on any atom is -0.459 e. The van der Waals surface area contributed by atoms with Gasteiger partial charge in [0, 0.05) is 6.04 Å². The van der Waals surface area contributed by atoms with Crippen molar-refractivity contribution in [2.24, 2.45) is 11.7 Å². The van der Waals surface area contributed by atoms with Gasteiger partial charge in [0.05, 0.1) is 6.26 Å². The molecule has 6 heteroatoms. The predicted octanol–water partition coefficient (Wildman–Crippen LogP) is 1.03. The maximum atomic E-state index is 12.2. The molecule has 0 aliphatic heterocycles. The Balaban J connectivity index is 1.85. The minimum absolute atomic E-state index is 0.110. The maximum Gasteiger partial charge on any atom is 0.287 e. The van der Waals surface area contributed by atoms with Crippen LogP contribution in [0.5, 0.6) is 0 Å². The Morgan fingerprint density at radius 3 is 2.86 bits per heavy atom. The highest BCUT2D eigenvalue weighted by Gasteiger charge is 2.27. The summed E-state index contributed by atoms with van der Waals surface area (Å²) in [5.74, 6) is -0.0373. The Labute approximate surface area is 124 Å². The summed E-state index contributed by atoms with van der Waals surface area (Å²) in [6.45, 7) is 2.24. The average Bonchev–Trinajstić information content (AvgIpc) is 3.02. The van der Waals surface area contributed by atoms with Crippen molar-refractivity contribution in [1.82, 2.24) is 10.6 Å². The van der Waals surface area contributed by atoms with Crippen LogP contribution in [0.1, 0.15) is 43.2 Å². The van der Waals surface area contributed by atoms with Gasteiger partial charge >= 0.3 is 0 Å². The first kappa shape index (κ1) is 15.6. The standard InChI is InChI=1S/C15H23N3O3/c1-10(17-15(20)13-7-4-8-21-13)14(19)18-12-6-3-2-5-11(12)9-16/h4,7-8,10-12H,2-3,5-6,9,16H2,1H3,(H,17,20)(H,18,19). The van der Waals surface area contributed by atoms with E-state index in [4.69, 9.17) is 10.2 Å². The van der Waals surface area contributed by atoms with Gasteiger partial charge in [-0.2, -0.15) is 0 Å². The minimum atomic E-state index is -0.608. The van der Waals surface area contributed by atoms with E-state index in [0.717, 1.165) is 19.3 Å². The average molecular weight is 293 g/mol. The Bertz CT molecular complexity index is 473. The lowest BCUT2D eigenvalue weighted by atomic mass is 9.84.